The summed E-state index contributed by atoms with van der Waals surface area (Å²) in [6.07, 6.45) is 0. The van der Waals surface area contributed by atoms with Crippen molar-refractivity contribution in [2.24, 2.45) is 0 Å². The van der Waals surface area contributed by atoms with Crippen LogP contribution in [0, 0.1) is 5.21 Å². The largest absolute Gasteiger partial charge is 0.629 e. The van der Waals surface area contributed by atoms with E-state index < -0.39 is 0 Å². The third-order valence-electron chi connectivity index (χ3n) is 1.78. The number of rotatable bonds is 1. The van der Waals surface area contributed by atoms with E-state index in [1.54, 1.807) is 18.2 Å². The van der Waals surface area contributed by atoms with Gasteiger partial charge in [0.15, 0.2) is 11.5 Å². The summed E-state index contributed by atoms with van der Waals surface area (Å²) in [7, 11) is 1.53. The summed E-state index contributed by atoms with van der Waals surface area (Å²) in [5, 5.41) is 11.0. The molecular formula is C8H9NO3. The van der Waals surface area contributed by atoms with Crippen molar-refractivity contribution in [1.82, 2.24) is 0 Å². The Labute approximate surface area is 69.9 Å². The summed E-state index contributed by atoms with van der Waals surface area (Å²) < 4.78 is 10.2. The third-order valence-corrected chi connectivity index (χ3v) is 1.78. The van der Waals surface area contributed by atoms with E-state index in [1.165, 1.54) is 7.05 Å². The minimum Gasteiger partial charge on any atom is -0.629 e. The summed E-state index contributed by atoms with van der Waals surface area (Å²) in [6, 6.07) is 5.18. The van der Waals surface area contributed by atoms with Gasteiger partial charge in [0.2, 0.25) is 6.79 Å². The van der Waals surface area contributed by atoms with E-state index in [0.29, 0.717) is 17.2 Å². The second kappa shape index (κ2) is 2.66. The highest BCUT2D eigenvalue weighted by Crippen LogP contribution is 2.32. The number of benzene rings is 1. The second-order valence-electron chi connectivity index (χ2n) is 2.62. The van der Waals surface area contributed by atoms with E-state index >= 15 is 0 Å². The minimum atomic E-state index is 0.0355. The van der Waals surface area contributed by atoms with Crippen LogP contribution in [-0.4, -0.2) is 13.8 Å². The van der Waals surface area contributed by atoms with Gasteiger partial charge in [-0.1, -0.05) is 0 Å². The average Bonchev–Trinajstić information content (AvgIpc) is 2.49. The maximum absolute atomic E-state index is 10.9. The lowest BCUT2D eigenvalue weighted by Crippen LogP contribution is -2.98. The second-order valence-corrected chi connectivity index (χ2v) is 2.62. The van der Waals surface area contributed by atoms with Crippen LogP contribution >= 0.6 is 0 Å². The van der Waals surface area contributed by atoms with Gasteiger partial charge in [-0.15, -0.1) is 0 Å². The van der Waals surface area contributed by atoms with E-state index in [4.69, 9.17) is 9.47 Å². The molecule has 12 heavy (non-hydrogen) atoms. The quantitative estimate of drug-likeness (QED) is 0.601. The van der Waals surface area contributed by atoms with E-state index in [9.17, 15) is 5.21 Å². The van der Waals surface area contributed by atoms with E-state index in [1.807, 2.05) is 0 Å². The molecule has 1 N–H and O–H groups in total. The summed E-state index contributed by atoms with van der Waals surface area (Å²) in [5.74, 6) is 1.36. The van der Waals surface area contributed by atoms with Crippen molar-refractivity contribution in [3.63, 3.8) is 0 Å². The number of hydrogen-bond acceptors (Lipinski definition) is 3. The highest BCUT2D eigenvalue weighted by Gasteiger charge is 2.14. The Balaban J connectivity index is 2.39. The first-order valence-electron chi connectivity index (χ1n) is 3.68. The third kappa shape index (κ3) is 1.11. The zero-order valence-electron chi connectivity index (χ0n) is 6.66. The molecular weight excluding hydrogens is 158 g/mol. The topological polar surface area (TPSA) is 46.0 Å². The first-order chi connectivity index (χ1) is 5.77. The molecule has 0 radical (unpaired) electrons. The van der Waals surface area contributed by atoms with Gasteiger partial charge in [-0.25, -0.2) is 0 Å². The van der Waals surface area contributed by atoms with Crippen LogP contribution in [-0.2, 0) is 0 Å². The summed E-state index contributed by atoms with van der Waals surface area (Å²) in [4.78, 5) is 0. The number of hydroxylamine groups is 1. The van der Waals surface area contributed by atoms with Crippen molar-refractivity contribution in [3.05, 3.63) is 23.4 Å². The van der Waals surface area contributed by atoms with Gasteiger partial charge in [0.1, 0.15) is 5.69 Å². The lowest BCUT2D eigenvalue weighted by molar-refractivity contribution is -0.751. The van der Waals surface area contributed by atoms with Crippen molar-refractivity contribution < 1.29 is 14.5 Å². The minimum absolute atomic E-state index is 0.0355. The van der Waals surface area contributed by atoms with E-state index in [2.05, 4.69) is 0 Å². The fraction of sp³-hybridized carbons (Fsp3) is 0.250. The van der Waals surface area contributed by atoms with Gasteiger partial charge in [0.25, 0.3) is 0 Å². The molecule has 2 rings (SSSR count). The zero-order chi connectivity index (χ0) is 8.55. The van der Waals surface area contributed by atoms with Crippen molar-refractivity contribution in [2.45, 2.75) is 0 Å². The number of hydrogen-bond donors (Lipinski definition) is 1. The molecule has 0 aromatic heterocycles. The molecule has 0 bridgehead atoms. The van der Waals surface area contributed by atoms with Crippen LogP contribution in [0.4, 0.5) is 5.69 Å². The Morgan fingerprint density at radius 1 is 1.33 bits per heavy atom. The molecule has 1 unspecified atom stereocenters. The first-order valence-corrected chi connectivity index (χ1v) is 3.68. The Hall–Kier alpha value is -1.26. The smallest absolute Gasteiger partial charge is 0.231 e. The lowest BCUT2D eigenvalue weighted by Gasteiger charge is -2.15. The van der Waals surface area contributed by atoms with Crippen molar-refractivity contribution in [2.75, 3.05) is 13.8 Å². The summed E-state index contributed by atoms with van der Waals surface area (Å²) in [5.41, 5.74) is 0.652. The molecule has 0 spiro atoms. The molecule has 0 saturated heterocycles. The van der Waals surface area contributed by atoms with Gasteiger partial charge in [-0.2, -0.15) is 0 Å². The number of quaternary nitrogens is 1. The van der Waals surface area contributed by atoms with Crippen LogP contribution < -0.4 is 14.5 Å². The number of fused-ring (bicyclic) bond motifs is 1. The van der Waals surface area contributed by atoms with Gasteiger partial charge < -0.3 is 19.7 Å². The molecule has 1 aromatic rings. The van der Waals surface area contributed by atoms with Gasteiger partial charge in [-0.3, -0.25) is 0 Å². The molecule has 1 aliphatic heterocycles. The summed E-state index contributed by atoms with van der Waals surface area (Å²) >= 11 is 0. The van der Waals surface area contributed by atoms with Crippen LogP contribution in [0.5, 0.6) is 11.5 Å². The molecule has 1 aromatic carbocycles. The van der Waals surface area contributed by atoms with Crippen LogP contribution in [0.25, 0.3) is 0 Å². The average molecular weight is 167 g/mol. The molecule has 4 nitrogen and oxygen atoms in total. The zero-order valence-corrected chi connectivity index (χ0v) is 6.66. The fourth-order valence-electron chi connectivity index (χ4n) is 1.12. The van der Waals surface area contributed by atoms with E-state index in [-0.39, 0.29) is 11.9 Å². The van der Waals surface area contributed by atoms with E-state index in [0.717, 1.165) is 0 Å². The van der Waals surface area contributed by atoms with Gasteiger partial charge in [-0.05, 0) is 6.07 Å². The standard InChI is InChI=1S/C8H9NO3/c1-9(10)6-2-3-7-8(4-6)12-5-11-7/h2-4,9H,5H2,1H3. The monoisotopic (exact) mass is 167 g/mol. The molecule has 0 saturated carbocycles. The van der Waals surface area contributed by atoms with Gasteiger partial charge in [0, 0.05) is 12.1 Å². The fourth-order valence-corrected chi connectivity index (χ4v) is 1.12. The van der Waals surface area contributed by atoms with Crippen LogP contribution in [0.15, 0.2) is 18.2 Å². The SMILES string of the molecule is C[NH+]([O-])c1ccc2c(c1)OCO2. The maximum atomic E-state index is 10.9. The molecule has 0 aliphatic carbocycles. The predicted octanol–water partition coefficient (Wildman–Crippen LogP) is 0.0593. The molecule has 1 aliphatic rings. The molecule has 4 heteroatoms. The molecule has 64 valence electrons. The normalized spacial score (nSPS) is 16.2. The number of ether oxygens (including phenoxy) is 2. The Morgan fingerprint density at radius 3 is 2.83 bits per heavy atom. The number of nitrogens with one attached hydrogen (secondary N) is 1. The highest BCUT2D eigenvalue weighted by atomic mass is 16.7. The molecule has 0 amide bonds. The Morgan fingerprint density at radius 2 is 2.08 bits per heavy atom. The molecule has 1 heterocycles. The molecule has 0 fully saturated rings. The van der Waals surface area contributed by atoms with Crippen molar-refractivity contribution in [1.29, 1.82) is 0 Å². The predicted molar refractivity (Wildman–Crippen MR) is 42.5 cm³/mol. The Bertz CT molecular complexity index is 298. The van der Waals surface area contributed by atoms with Crippen molar-refractivity contribution >= 4 is 5.69 Å². The van der Waals surface area contributed by atoms with Crippen LogP contribution in [0.1, 0.15) is 0 Å². The lowest BCUT2D eigenvalue weighted by atomic mass is 10.3. The summed E-state index contributed by atoms with van der Waals surface area (Å²) in [6.45, 7) is 0.247. The van der Waals surface area contributed by atoms with Crippen molar-refractivity contribution in [3.8, 4) is 11.5 Å². The van der Waals surface area contributed by atoms with Gasteiger partial charge >= 0.3 is 0 Å². The van der Waals surface area contributed by atoms with Crippen LogP contribution in [0.3, 0.4) is 0 Å². The first kappa shape index (κ1) is 7.39. The molecule has 1 atom stereocenters. The van der Waals surface area contributed by atoms with Crippen LogP contribution in [0.2, 0.25) is 0 Å². The van der Waals surface area contributed by atoms with Gasteiger partial charge in [0.05, 0.1) is 7.05 Å². The highest BCUT2D eigenvalue weighted by molar-refractivity contribution is 5.49. The Kier molecular flexibility index (Phi) is 1.64. The maximum Gasteiger partial charge on any atom is 0.231 e.